The lowest BCUT2D eigenvalue weighted by molar-refractivity contribution is -0.386. The van der Waals surface area contributed by atoms with Crippen molar-refractivity contribution in [2.45, 2.75) is 122 Å². The Morgan fingerprint density at radius 2 is 1.37 bits per heavy atom. The Morgan fingerprint density at radius 3 is 1.97 bits per heavy atom. The summed E-state index contributed by atoms with van der Waals surface area (Å²) in [4.78, 5) is 113. The third-order valence-electron chi connectivity index (χ3n) is 12.1. The van der Waals surface area contributed by atoms with E-state index in [1.165, 1.54) is 56.4 Å². The summed E-state index contributed by atoms with van der Waals surface area (Å²) in [6, 6.07) is 10.4. The van der Waals surface area contributed by atoms with Gasteiger partial charge in [0.2, 0.25) is 0 Å². The van der Waals surface area contributed by atoms with E-state index in [-0.39, 0.29) is 29.7 Å². The van der Waals surface area contributed by atoms with E-state index in [9.17, 15) is 43.5 Å². The average Bonchev–Trinajstić information content (AvgIpc) is 3.41. The van der Waals surface area contributed by atoms with Crippen LogP contribution in [0.4, 0.5) is 0 Å². The first-order valence-electron chi connectivity index (χ1n) is 19.9. The molecule has 0 amide bonds. The number of nitrogens with zero attached hydrogens (tertiary/aromatic N) is 1. The number of benzene rings is 1. The van der Waals surface area contributed by atoms with Crippen molar-refractivity contribution < 1.29 is 86.1 Å². The molecule has 0 unspecified atom stereocenters. The van der Waals surface area contributed by atoms with Gasteiger partial charge in [-0.3, -0.25) is 33.8 Å². The molecule has 1 aromatic heterocycles. The quantitative estimate of drug-likeness (QED) is 0.295. The average molecular weight is 868 g/mol. The molecule has 19 nitrogen and oxygen atoms in total. The third-order valence-corrected chi connectivity index (χ3v) is 12.1. The standard InChI is InChI=1S/C43H49NO18/c1-21-16-17-29-28(15-12-18-44-29)39(52)55-19-40(7)30-31(56-23(3)46)35(58-25(5)48)42(20-54-22(2)45)36(59-26(6)49)32(60-38(51)27-13-10-9-11-14-27)34(61-37(21)50)41(8,53)43(42,62-40)33(30)57-24(4)47/h9-15,18,21,30-36,53H,16-17,19-20H2,1-8H3/t21-,30-,31+,32-,33+,34-,35+,36-,40-,41-,42+,43-/m0/s1. The highest BCUT2D eigenvalue weighted by Gasteiger charge is 2.92. The van der Waals surface area contributed by atoms with Crippen molar-refractivity contribution in [2.24, 2.45) is 17.3 Å². The molecular weight excluding hydrogens is 818 g/mol. The number of carbonyl (C=O) groups is 8. The summed E-state index contributed by atoms with van der Waals surface area (Å²) >= 11 is 0. The van der Waals surface area contributed by atoms with E-state index in [2.05, 4.69) is 4.98 Å². The molecule has 19 heteroatoms. The highest BCUT2D eigenvalue weighted by molar-refractivity contribution is 5.91. The van der Waals surface area contributed by atoms with Gasteiger partial charge >= 0.3 is 47.8 Å². The van der Waals surface area contributed by atoms with Gasteiger partial charge in [-0.05, 0) is 51.0 Å². The second-order valence-electron chi connectivity index (χ2n) is 16.4. The summed E-state index contributed by atoms with van der Waals surface area (Å²) in [5.74, 6) is -10.7. The van der Waals surface area contributed by atoms with Crippen LogP contribution < -0.4 is 0 Å². The fourth-order valence-electron chi connectivity index (χ4n) is 9.73. The molecule has 4 bridgehead atoms. The van der Waals surface area contributed by atoms with Crippen LogP contribution >= 0.6 is 0 Å². The molecule has 1 N–H and O–H groups in total. The van der Waals surface area contributed by atoms with Crippen LogP contribution in [0.1, 0.15) is 88.2 Å². The van der Waals surface area contributed by atoms with Gasteiger partial charge in [0.05, 0.1) is 28.7 Å². The number of cyclic esters (lactones) is 1. The summed E-state index contributed by atoms with van der Waals surface area (Å²) in [5.41, 5.74) is -10.1. The lowest BCUT2D eigenvalue weighted by Gasteiger charge is -2.67. The summed E-state index contributed by atoms with van der Waals surface area (Å²) < 4.78 is 55.3. The van der Waals surface area contributed by atoms with E-state index in [0.717, 1.165) is 41.5 Å². The van der Waals surface area contributed by atoms with E-state index >= 15 is 0 Å². The molecule has 1 spiro atoms. The summed E-state index contributed by atoms with van der Waals surface area (Å²) in [6.45, 7) is 7.16. The maximum Gasteiger partial charge on any atom is 0.340 e. The number of rotatable bonds is 8. The highest BCUT2D eigenvalue weighted by Crippen LogP contribution is 2.70. The van der Waals surface area contributed by atoms with Gasteiger partial charge in [-0.25, -0.2) is 9.59 Å². The van der Waals surface area contributed by atoms with Crippen molar-refractivity contribution in [2.75, 3.05) is 13.2 Å². The number of ether oxygens (including phenoxy) is 9. The van der Waals surface area contributed by atoms with Crippen molar-refractivity contribution in [1.82, 2.24) is 4.98 Å². The van der Waals surface area contributed by atoms with Crippen LogP contribution in [0.25, 0.3) is 0 Å². The molecule has 62 heavy (non-hydrogen) atoms. The minimum atomic E-state index is -2.86. The van der Waals surface area contributed by atoms with E-state index in [0.29, 0.717) is 0 Å². The van der Waals surface area contributed by atoms with Crippen molar-refractivity contribution in [3.63, 3.8) is 0 Å². The Morgan fingerprint density at radius 1 is 0.774 bits per heavy atom. The summed E-state index contributed by atoms with van der Waals surface area (Å²) in [5, 5.41) is 13.6. The predicted molar refractivity (Wildman–Crippen MR) is 205 cm³/mol. The largest absolute Gasteiger partial charge is 0.465 e. The predicted octanol–water partition coefficient (Wildman–Crippen LogP) is 2.16. The van der Waals surface area contributed by atoms with Crippen LogP contribution in [0, 0.1) is 17.3 Å². The van der Waals surface area contributed by atoms with Crippen molar-refractivity contribution in [3.8, 4) is 0 Å². The van der Waals surface area contributed by atoms with E-state index in [4.69, 9.17) is 42.6 Å². The second-order valence-corrected chi connectivity index (χ2v) is 16.4. The Balaban J connectivity index is 1.77. The molecule has 1 saturated heterocycles. The van der Waals surface area contributed by atoms with Crippen molar-refractivity contribution in [1.29, 1.82) is 0 Å². The third kappa shape index (κ3) is 7.76. The molecule has 1 aromatic carbocycles. The van der Waals surface area contributed by atoms with Gasteiger partial charge in [0.1, 0.15) is 42.0 Å². The van der Waals surface area contributed by atoms with Crippen LogP contribution in [-0.4, -0.2) is 124 Å². The molecule has 0 radical (unpaired) electrons. The monoisotopic (exact) mass is 867 g/mol. The molecule has 2 aliphatic heterocycles. The van der Waals surface area contributed by atoms with Gasteiger partial charge in [-0.15, -0.1) is 0 Å². The molecule has 6 rings (SSSR count). The van der Waals surface area contributed by atoms with Crippen LogP contribution in [0.3, 0.4) is 0 Å². The number of hydrogen-bond donors (Lipinski definition) is 1. The van der Waals surface area contributed by atoms with E-state index in [1.807, 2.05) is 0 Å². The summed E-state index contributed by atoms with van der Waals surface area (Å²) in [7, 11) is 0. The smallest absolute Gasteiger partial charge is 0.340 e. The molecule has 3 heterocycles. The van der Waals surface area contributed by atoms with Gasteiger partial charge in [0.25, 0.3) is 0 Å². The van der Waals surface area contributed by atoms with Crippen LogP contribution in [0.5, 0.6) is 0 Å². The number of aromatic nitrogens is 1. The van der Waals surface area contributed by atoms with E-state index < -0.39 is 132 Å². The van der Waals surface area contributed by atoms with Crippen LogP contribution in [0.2, 0.25) is 0 Å². The molecule has 3 fully saturated rings. The Labute approximate surface area is 355 Å². The first-order chi connectivity index (χ1) is 29.1. The lowest BCUT2D eigenvalue weighted by Crippen LogP contribution is -2.89. The fraction of sp³-hybridized carbons (Fsp3) is 0.558. The number of carbonyl (C=O) groups excluding carboxylic acids is 8. The maximum atomic E-state index is 14.4. The Hall–Kier alpha value is -5.95. The molecule has 2 aromatic rings. The zero-order chi connectivity index (χ0) is 45.5. The molecule has 4 aliphatic rings. The number of hydrogen-bond acceptors (Lipinski definition) is 19. The highest BCUT2D eigenvalue weighted by atomic mass is 16.7. The number of fused-ring (bicyclic) bond motifs is 5. The normalized spacial score (nSPS) is 35.0. The minimum Gasteiger partial charge on any atom is -0.465 e. The van der Waals surface area contributed by atoms with Gasteiger partial charge in [-0.2, -0.15) is 0 Å². The second kappa shape index (κ2) is 17.1. The number of aliphatic hydroxyl groups is 1. The Bertz CT molecular complexity index is 2140. The Kier molecular flexibility index (Phi) is 12.6. The van der Waals surface area contributed by atoms with Crippen LogP contribution in [0.15, 0.2) is 48.7 Å². The molecule has 334 valence electrons. The number of esters is 8. The first-order valence-corrected chi connectivity index (χ1v) is 19.9. The molecular formula is C43H49NO18. The minimum absolute atomic E-state index is 0.0225. The number of aryl methyl sites for hydroxylation is 1. The molecule has 2 aliphatic carbocycles. The summed E-state index contributed by atoms with van der Waals surface area (Å²) in [6.07, 6.45) is -10.6. The van der Waals surface area contributed by atoms with Crippen LogP contribution in [-0.2, 0) is 77.8 Å². The SMILES string of the molecule is CC(=O)OC[C@]12[C@H](OC(C)=O)[C@H](OC(C)=O)[C@H]3[C@@H](OC(C)=O)[C@@]14O[C@@]3(C)COC(=O)c1cccnc1CC[C@H](C)C(=O)O[C@@H]([C@H](OC(=O)c1ccccc1)[C@@H]2OC(C)=O)[C@]4(C)O. The lowest BCUT2D eigenvalue weighted by atomic mass is 9.45. The van der Waals surface area contributed by atoms with Gasteiger partial charge in [0.15, 0.2) is 30.0 Å². The zero-order valence-corrected chi connectivity index (χ0v) is 35.4. The van der Waals surface area contributed by atoms with Crippen molar-refractivity contribution in [3.05, 3.63) is 65.5 Å². The first kappa shape index (κ1) is 45.6. The molecule has 2 saturated carbocycles. The van der Waals surface area contributed by atoms with E-state index in [1.54, 1.807) is 6.07 Å². The van der Waals surface area contributed by atoms with Crippen molar-refractivity contribution >= 4 is 47.8 Å². The van der Waals surface area contributed by atoms with Gasteiger partial charge in [0, 0.05) is 40.8 Å². The number of pyridine rings is 1. The maximum absolute atomic E-state index is 14.4. The van der Waals surface area contributed by atoms with Gasteiger partial charge < -0.3 is 47.7 Å². The topological polar surface area (TPSA) is 253 Å². The molecule has 12 atom stereocenters. The van der Waals surface area contributed by atoms with Gasteiger partial charge in [-0.1, -0.05) is 25.1 Å². The fourth-order valence-corrected chi connectivity index (χ4v) is 9.73. The zero-order valence-electron chi connectivity index (χ0n) is 35.4.